The Morgan fingerprint density at radius 2 is 1.77 bits per heavy atom. The molecule has 0 saturated heterocycles. The summed E-state index contributed by atoms with van der Waals surface area (Å²) in [5, 5.41) is 8.75. The minimum absolute atomic E-state index is 0.727. The summed E-state index contributed by atoms with van der Waals surface area (Å²) in [5.41, 5.74) is -0.727. The van der Waals surface area contributed by atoms with Gasteiger partial charge in [-0.25, -0.2) is 17.6 Å². The number of rotatable bonds is 2. The highest BCUT2D eigenvalue weighted by Gasteiger charge is 2.23. The second-order valence-corrected chi connectivity index (χ2v) is 2.42. The predicted molar refractivity (Wildman–Crippen MR) is 37.3 cm³/mol. The van der Waals surface area contributed by atoms with Crippen LogP contribution in [-0.2, 0) is 0 Å². The highest BCUT2D eigenvalue weighted by molar-refractivity contribution is 5.21. The molecule has 0 radical (unpaired) electrons. The van der Waals surface area contributed by atoms with E-state index in [1.807, 2.05) is 0 Å². The number of aliphatic hydroxyl groups excluding tert-OH is 1. The predicted octanol–water partition coefficient (Wildman–Crippen LogP) is 2.26. The van der Waals surface area contributed by atoms with Crippen molar-refractivity contribution in [1.82, 2.24) is 0 Å². The summed E-state index contributed by atoms with van der Waals surface area (Å²) in [7, 11) is 0. The van der Waals surface area contributed by atoms with E-state index in [9.17, 15) is 17.6 Å². The fourth-order valence-corrected chi connectivity index (χ4v) is 0.885. The molecule has 1 aromatic rings. The first-order valence-corrected chi connectivity index (χ1v) is 3.44. The first kappa shape index (κ1) is 9.98. The van der Waals surface area contributed by atoms with Crippen LogP contribution in [0.5, 0.6) is 0 Å². The van der Waals surface area contributed by atoms with Crippen LogP contribution in [0.25, 0.3) is 0 Å². The molecule has 1 nitrogen and oxygen atoms in total. The van der Waals surface area contributed by atoms with Crippen molar-refractivity contribution in [3.05, 3.63) is 35.4 Å². The van der Waals surface area contributed by atoms with Crippen LogP contribution in [0.1, 0.15) is 11.7 Å². The summed E-state index contributed by atoms with van der Waals surface area (Å²) in [4.78, 5) is 0. The number of alkyl halides is 2. The van der Waals surface area contributed by atoms with Gasteiger partial charge in [-0.15, -0.1) is 0 Å². The van der Waals surface area contributed by atoms with Gasteiger partial charge in [0.25, 0.3) is 6.43 Å². The first-order valence-electron chi connectivity index (χ1n) is 3.44. The van der Waals surface area contributed by atoms with Gasteiger partial charge < -0.3 is 5.11 Å². The van der Waals surface area contributed by atoms with E-state index in [4.69, 9.17) is 5.11 Å². The smallest absolute Gasteiger partial charge is 0.268 e. The van der Waals surface area contributed by atoms with Gasteiger partial charge in [-0.3, -0.25) is 0 Å². The maximum absolute atomic E-state index is 12.7. The van der Waals surface area contributed by atoms with Gasteiger partial charge in [0.2, 0.25) is 0 Å². The number of benzene rings is 1. The molecular formula is C8H6F4O. The molecule has 0 aliphatic rings. The highest BCUT2D eigenvalue weighted by atomic mass is 19.3. The van der Waals surface area contributed by atoms with Crippen LogP contribution in [-0.4, -0.2) is 11.5 Å². The molecule has 0 unspecified atom stereocenters. The van der Waals surface area contributed by atoms with E-state index in [0.717, 1.165) is 18.2 Å². The Hall–Kier alpha value is -1.10. The number of halogens is 4. The zero-order valence-corrected chi connectivity index (χ0v) is 6.35. The molecule has 0 fully saturated rings. The summed E-state index contributed by atoms with van der Waals surface area (Å²) >= 11 is 0. The van der Waals surface area contributed by atoms with Crippen molar-refractivity contribution in [2.24, 2.45) is 0 Å². The van der Waals surface area contributed by atoms with Crippen LogP contribution in [0, 0.1) is 11.6 Å². The average Bonchev–Trinajstić information content (AvgIpc) is 2.08. The monoisotopic (exact) mass is 194 g/mol. The molecule has 5 heteroatoms. The molecule has 13 heavy (non-hydrogen) atoms. The van der Waals surface area contributed by atoms with E-state index in [2.05, 4.69) is 0 Å². The van der Waals surface area contributed by atoms with Gasteiger partial charge in [-0.1, -0.05) is 12.1 Å². The lowest BCUT2D eigenvalue weighted by molar-refractivity contribution is -0.00803. The van der Waals surface area contributed by atoms with Crippen LogP contribution < -0.4 is 0 Å². The Labute approximate surface area is 71.6 Å². The molecule has 1 aromatic carbocycles. The van der Waals surface area contributed by atoms with E-state index >= 15 is 0 Å². The van der Waals surface area contributed by atoms with E-state index in [0.29, 0.717) is 0 Å². The van der Waals surface area contributed by atoms with Gasteiger partial charge in [-0.2, -0.15) is 0 Å². The van der Waals surface area contributed by atoms with Crippen molar-refractivity contribution in [2.75, 3.05) is 0 Å². The molecular weight excluding hydrogens is 188 g/mol. The van der Waals surface area contributed by atoms with Crippen molar-refractivity contribution < 1.29 is 22.7 Å². The molecule has 0 aromatic heterocycles. The van der Waals surface area contributed by atoms with Gasteiger partial charge in [0.05, 0.1) is 0 Å². The minimum atomic E-state index is -3.13. The van der Waals surface area contributed by atoms with E-state index in [1.165, 1.54) is 0 Å². The summed E-state index contributed by atoms with van der Waals surface area (Å²) in [5.74, 6) is -2.69. The first-order chi connectivity index (χ1) is 6.04. The number of hydrogen-bond acceptors (Lipinski definition) is 1. The molecule has 72 valence electrons. The van der Waals surface area contributed by atoms with Crippen LogP contribution in [0.3, 0.4) is 0 Å². The van der Waals surface area contributed by atoms with Crippen molar-refractivity contribution in [2.45, 2.75) is 12.5 Å². The fraction of sp³-hybridized carbons (Fsp3) is 0.250. The lowest BCUT2D eigenvalue weighted by Gasteiger charge is -2.10. The molecule has 0 saturated carbocycles. The van der Waals surface area contributed by atoms with Gasteiger partial charge in [0, 0.05) is 5.56 Å². The van der Waals surface area contributed by atoms with E-state index < -0.39 is 29.7 Å². The summed E-state index contributed by atoms with van der Waals surface area (Å²) < 4.78 is 49.0. The second kappa shape index (κ2) is 3.74. The Morgan fingerprint density at radius 3 is 2.31 bits per heavy atom. The highest BCUT2D eigenvalue weighted by Crippen LogP contribution is 2.23. The van der Waals surface area contributed by atoms with Gasteiger partial charge in [-0.05, 0) is 6.07 Å². The Balaban J connectivity index is 3.07. The average molecular weight is 194 g/mol. The SMILES string of the molecule is O[C@H](c1cccc(F)c1F)C(F)F. The molecule has 0 aliphatic heterocycles. The lowest BCUT2D eigenvalue weighted by atomic mass is 10.1. The van der Waals surface area contributed by atoms with E-state index in [-0.39, 0.29) is 0 Å². The standard InChI is InChI=1S/C8H6F4O/c9-5-3-1-2-4(6(5)10)7(13)8(11)12/h1-3,7-8,13H/t7-/m1/s1. The van der Waals surface area contributed by atoms with E-state index in [1.54, 1.807) is 0 Å². The van der Waals surface area contributed by atoms with Gasteiger partial charge in [0.15, 0.2) is 11.6 Å². The third-order valence-corrected chi connectivity index (χ3v) is 1.54. The fourth-order valence-electron chi connectivity index (χ4n) is 0.885. The van der Waals surface area contributed by atoms with Crippen molar-refractivity contribution in [3.63, 3.8) is 0 Å². The van der Waals surface area contributed by atoms with Crippen LogP contribution >= 0.6 is 0 Å². The van der Waals surface area contributed by atoms with Crippen LogP contribution in [0.4, 0.5) is 17.6 Å². The van der Waals surface area contributed by atoms with Gasteiger partial charge >= 0.3 is 0 Å². The number of aliphatic hydroxyl groups is 1. The van der Waals surface area contributed by atoms with Crippen molar-refractivity contribution >= 4 is 0 Å². The maximum atomic E-state index is 12.7. The maximum Gasteiger partial charge on any atom is 0.268 e. The normalized spacial score (nSPS) is 13.4. The largest absolute Gasteiger partial charge is 0.382 e. The molecule has 1 atom stereocenters. The quantitative estimate of drug-likeness (QED) is 0.716. The topological polar surface area (TPSA) is 20.2 Å². The summed E-state index contributed by atoms with van der Waals surface area (Å²) in [6.45, 7) is 0. The van der Waals surface area contributed by atoms with Crippen LogP contribution in [0.2, 0.25) is 0 Å². The molecule has 1 N–H and O–H groups in total. The molecule has 0 aliphatic carbocycles. The lowest BCUT2D eigenvalue weighted by Crippen LogP contribution is -2.10. The van der Waals surface area contributed by atoms with Crippen molar-refractivity contribution in [1.29, 1.82) is 0 Å². The van der Waals surface area contributed by atoms with Gasteiger partial charge in [0.1, 0.15) is 6.10 Å². The molecule has 1 rings (SSSR count). The second-order valence-electron chi connectivity index (χ2n) is 2.42. The molecule has 0 spiro atoms. The molecule has 0 amide bonds. The molecule has 0 bridgehead atoms. The third-order valence-electron chi connectivity index (χ3n) is 1.54. The minimum Gasteiger partial charge on any atom is -0.382 e. The summed E-state index contributed by atoms with van der Waals surface area (Å²) in [6.07, 6.45) is -5.41. The Bertz CT molecular complexity index is 300. The number of hydrogen-bond donors (Lipinski definition) is 1. The molecule has 0 heterocycles. The zero-order chi connectivity index (χ0) is 10.0. The Morgan fingerprint density at radius 1 is 1.15 bits per heavy atom. The van der Waals surface area contributed by atoms with Crippen LogP contribution in [0.15, 0.2) is 18.2 Å². The Kier molecular flexibility index (Phi) is 2.87. The van der Waals surface area contributed by atoms with Crippen molar-refractivity contribution in [3.8, 4) is 0 Å². The summed E-state index contributed by atoms with van der Waals surface area (Å²) in [6, 6.07) is 2.76. The zero-order valence-electron chi connectivity index (χ0n) is 6.35. The third kappa shape index (κ3) is 1.98.